The van der Waals surface area contributed by atoms with Gasteiger partial charge in [-0.1, -0.05) is 36.4 Å². The van der Waals surface area contributed by atoms with Crippen molar-refractivity contribution in [3.63, 3.8) is 0 Å². The molecule has 0 saturated carbocycles. The molecule has 2 aromatic carbocycles. The molecule has 1 heterocycles. The number of carbonyl (C=O) groups is 1. The molecule has 0 saturated heterocycles. The monoisotopic (exact) mass is 333 g/mol. The van der Waals surface area contributed by atoms with E-state index in [2.05, 4.69) is 15.6 Å². The normalized spacial score (nSPS) is 10.2. The highest BCUT2D eigenvalue weighted by Crippen LogP contribution is 2.22. The smallest absolute Gasteiger partial charge is 0.290 e. The highest BCUT2D eigenvalue weighted by atomic mass is 16.2. The molecule has 3 rings (SSSR count). The van der Waals surface area contributed by atoms with Crippen LogP contribution < -0.4 is 15.3 Å². The molecule has 6 nitrogen and oxygen atoms in total. The topological polar surface area (TPSA) is 61.4 Å². The van der Waals surface area contributed by atoms with Gasteiger partial charge in [0.05, 0.1) is 11.4 Å². The molecule has 0 unspecified atom stereocenters. The number of hydrogen-bond acceptors (Lipinski definition) is 5. The van der Waals surface area contributed by atoms with Crippen molar-refractivity contribution in [2.45, 2.75) is 0 Å². The van der Waals surface area contributed by atoms with Crippen LogP contribution in [0.1, 0.15) is 10.5 Å². The molecule has 0 radical (unpaired) electrons. The van der Waals surface area contributed by atoms with E-state index in [1.807, 2.05) is 79.7 Å². The molecule has 25 heavy (non-hydrogen) atoms. The highest BCUT2D eigenvalue weighted by molar-refractivity contribution is 5.94. The molecule has 0 spiro atoms. The van der Waals surface area contributed by atoms with E-state index in [1.54, 1.807) is 17.1 Å². The lowest BCUT2D eigenvalue weighted by atomic mass is 10.2. The van der Waals surface area contributed by atoms with Crippen molar-refractivity contribution in [1.29, 1.82) is 0 Å². The van der Waals surface area contributed by atoms with Crippen LogP contribution >= 0.6 is 0 Å². The third-order valence-electron chi connectivity index (χ3n) is 3.58. The van der Waals surface area contributed by atoms with Gasteiger partial charge in [0.2, 0.25) is 0 Å². The van der Waals surface area contributed by atoms with Gasteiger partial charge in [-0.25, -0.2) is 0 Å². The fraction of sp³-hybridized carbons (Fsp3) is 0.105. The van der Waals surface area contributed by atoms with Crippen molar-refractivity contribution >= 4 is 23.1 Å². The van der Waals surface area contributed by atoms with Crippen LogP contribution in [0.2, 0.25) is 0 Å². The first-order chi connectivity index (χ1) is 12.1. The van der Waals surface area contributed by atoms with Gasteiger partial charge < -0.3 is 4.90 Å². The third-order valence-corrected chi connectivity index (χ3v) is 3.58. The number of nitrogens with zero attached hydrogens (tertiary/aromatic N) is 4. The van der Waals surface area contributed by atoms with E-state index < -0.39 is 0 Å². The van der Waals surface area contributed by atoms with E-state index in [4.69, 9.17) is 0 Å². The van der Waals surface area contributed by atoms with Gasteiger partial charge in [0.15, 0.2) is 11.5 Å². The van der Waals surface area contributed by atoms with Crippen molar-refractivity contribution in [1.82, 2.24) is 15.6 Å². The molecule has 6 heteroatoms. The Morgan fingerprint density at radius 2 is 1.36 bits per heavy atom. The zero-order valence-electron chi connectivity index (χ0n) is 14.1. The van der Waals surface area contributed by atoms with Crippen LogP contribution in [0.25, 0.3) is 0 Å². The average Bonchev–Trinajstić information content (AvgIpc) is 2.67. The molecule has 0 aliphatic rings. The summed E-state index contributed by atoms with van der Waals surface area (Å²) in [5.74, 6) is 0.366. The lowest BCUT2D eigenvalue weighted by molar-refractivity contribution is 0.0948. The summed E-state index contributed by atoms with van der Waals surface area (Å²) in [7, 11) is 3.74. The predicted molar refractivity (Wildman–Crippen MR) is 98.8 cm³/mol. The first-order valence-electron chi connectivity index (χ1n) is 7.87. The maximum atomic E-state index is 12.6. The summed E-state index contributed by atoms with van der Waals surface area (Å²) in [6.45, 7) is 0. The number of para-hydroxylation sites is 2. The van der Waals surface area contributed by atoms with Crippen LogP contribution in [0.4, 0.5) is 17.2 Å². The number of carbonyl (C=O) groups excluding carboxylic acids is 1. The Bertz CT molecular complexity index is 780. The molecular formula is C19H19N5O. The number of rotatable bonds is 5. The Labute approximate surface area is 146 Å². The van der Waals surface area contributed by atoms with E-state index in [0.29, 0.717) is 5.82 Å². The fourth-order valence-electron chi connectivity index (χ4n) is 2.28. The van der Waals surface area contributed by atoms with Gasteiger partial charge in [0.1, 0.15) is 0 Å². The van der Waals surface area contributed by atoms with Crippen LogP contribution in [0.15, 0.2) is 72.8 Å². The van der Waals surface area contributed by atoms with Gasteiger partial charge >= 0.3 is 0 Å². The molecule has 0 aliphatic carbocycles. The summed E-state index contributed by atoms with van der Waals surface area (Å²) in [4.78, 5) is 14.4. The van der Waals surface area contributed by atoms with Gasteiger partial charge in [0.25, 0.3) is 5.91 Å². The number of hydrazine groups is 1. The summed E-state index contributed by atoms with van der Waals surface area (Å²) in [6, 6.07) is 22.7. The van der Waals surface area contributed by atoms with Crippen molar-refractivity contribution in [2.24, 2.45) is 0 Å². The highest BCUT2D eigenvalue weighted by Gasteiger charge is 2.15. The van der Waals surface area contributed by atoms with Crippen LogP contribution in [-0.2, 0) is 0 Å². The number of amides is 1. The van der Waals surface area contributed by atoms with E-state index in [-0.39, 0.29) is 11.6 Å². The molecule has 126 valence electrons. The second-order valence-corrected chi connectivity index (χ2v) is 5.62. The molecule has 0 atom stereocenters. The zero-order chi connectivity index (χ0) is 17.6. The van der Waals surface area contributed by atoms with Crippen LogP contribution in [0.5, 0.6) is 0 Å². The molecule has 0 aliphatic heterocycles. The minimum Gasteiger partial charge on any atom is -0.361 e. The molecule has 1 aromatic heterocycles. The van der Waals surface area contributed by atoms with Crippen molar-refractivity contribution in [3.8, 4) is 0 Å². The van der Waals surface area contributed by atoms with Crippen molar-refractivity contribution < 1.29 is 4.79 Å². The van der Waals surface area contributed by atoms with E-state index in [1.165, 1.54) is 0 Å². The number of benzene rings is 2. The second kappa shape index (κ2) is 7.44. The number of anilines is 3. The van der Waals surface area contributed by atoms with E-state index >= 15 is 0 Å². The van der Waals surface area contributed by atoms with Gasteiger partial charge in [-0.15, -0.1) is 10.2 Å². The summed E-state index contributed by atoms with van der Waals surface area (Å²) in [5, 5.41) is 9.78. The van der Waals surface area contributed by atoms with Crippen molar-refractivity contribution in [3.05, 3.63) is 78.5 Å². The summed E-state index contributed by atoms with van der Waals surface area (Å²) >= 11 is 0. The van der Waals surface area contributed by atoms with Crippen LogP contribution in [0.3, 0.4) is 0 Å². The van der Waals surface area contributed by atoms with Gasteiger partial charge in [-0.05, 0) is 36.4 Å². The zero-order valence-corrected chi connectivity index (χ0v) is 14.1. The van der Waals surface area contributed by atoms with Crippen molar-refractivity contribution in [2.75, 3.05) is 24.0 Å². The minimum atomic E-state index is -0.328. The number of nitrogens with one attached hydrogen (secondary N) is 1. The summed E-state index contributed by atoms with van der Waals surface area (Å²) in [6.07, 6.45) is 0. The third kappa shape index (κ3) is 3.92. The predicted octanol–water partition coefficient (Wildman–Crippen LogP) is 3.03. The van der Waals surface area contributed by atoms with E-state index in [0.717, 1.165) is 11.4 Å². The maximum Gasteiger partial charge on any atom is 0.290 e. The minimum absolute atomic E-state index is 0.252. The Morgan fingerprint density at radius 1 is 0.800 bits per heavy atom. The Kier molecular flexibility index (Phi) is 4.89. The standard InChI is InChI=1S/C19H19N5O/c1-23(2)18-14-13-17(20-21-18)19(25)22-24(15-9-5-3-6-10-15)16-11-7-4-8-12-16/h3-14H,1-2H3,(H,22,25). The Morgan fingerprint density at radius 3 is 1.80 bits per heavy atom. The first kappa shape index (κ1) is 16.4. The molecular weight excluding hydrogens is 314 g/mol. The summed E-state index contributed by atoms with van der Waals surface area (Å²) in [5.41, 5.74) is 4.84. The number of hydrogen-bond donors (Lipinski definition) is 1. The SMILES string of the molecule is CN(C)c1ccc(C(=O)NN(c2ccccc2)c2ccccc2)nn1. The fourth-order valence-corrected chi connectivity index (χ4v) is 2.28. The molecule has 0 fully saturated rings. The quantitative estimate of drug-likeness (QED) is 0.727. The second-order valence-electron chi connectivity index (χ2n) is 5.62. The van der Waals surface area contributed by atoms with Gasteiger partial charge in [-0.2, -0.15) is 0 Å². The largest absolute Gasteiger partial charge is 0.361 e. The van der Waals surface area contributed by atoms with E-state index in [9.17, 15) is 4.79 Å². The number of aromatic nitrogens is 2. The lowest BCUT2D eigenvalue weighted by Crippen LogP contribution is -2.39. The first-order valence-corrected chi connectivity index (χ1v) is 7.87. The summed E-state index contributed by atoms with van der Waals surface area (Å²) < 4.78 is 0. The molecule has 3 aromatic rings. The van der Waals surface area contributed by atoms with Crippen LogP contribution in [0, 0.1) is 0 Å². The average molecular weight is 333 g/mol. The Hall–Kier alpha value is -3.41. The van der Waals surface area contributed by atoms with Gasteiger partial charge in [0, 0.05) is 14.1 Å². The van der Waals surface area contributed by atoms with Crippen LogP contribution in [-0.4, -0.2) is 30.2 Å². The lowest BCUT2D eigenvalue weighted by Gasteiger charge is -2.25. The Balaban J connectivity index is 1.86. The maximum absolute atomic E-state index is 12.6. The molecule has 1 amide bonds. The van der Waals surface area contributed by atoms with Gasteiger partial charge in [-0.3, -0.25) is 15.2 Å². The molecule has 0 bridgehead atoms. The molecule has 1 N–H and O–H groups in total.